The van der Waals surface area contributed by atoms with E-state index in [-0.39, 0.29) is 35.4 Å². The summed E-state index contributed by atoms with van der Waals surface area (Å²) in [6, 6.07) is 3.67. The Morgan fingerprint density at radius 1 is 0.974 bits per heavy atom. The number of hydrogen-bond acceptors (Lipinski definition) is 4. The number of aliphatic hydroxyl groups is 1. The largest absolute Gasteiger partial charge is 0.392 e. The quantitative estimate of drug-likeness (QED) is 0.139. The minimum absolute atomic E-state index is 0.00972. The number of primary amides is 1. The summed E-state index contributed by atoms with van der Waals surface area (Å²) < 4.78 is 0. The molecule has 1 aromatic heterocycles. The number of pyridine rings is 1. The number of carbonyl (C=O) groups excluding carboxylic acids is 2. The standard InChI is InChI=1S/C33H50N2O3/c1-9-10-11-23(3)31(21-32(34)37)28(8)27(7)25(5)18-22(2)19-26(6)33(38)24(4)12-13-30(36)20-29-14-16-35-17-15-29/h9-17,19,23-28,31,33,38H,1,18,20-21H2,2-8H3,(H2,34,37)/b11-10-,13-12-,22-19-. The molecular formula is C33H50N2O3. The third-order valence-electron chi connectivity index (χ3n) is 8.05. The third-order valence-corrected chi connectivity index (χ3v) is 8.05. The number of rotatable bonds is 17. The highest BCUT2D eigenvalue weighted by atomic mass is 16.3. The molecule has 0 saturated heterocycles. The van der Waals surface area contributed by atoms with Gasteiger partial charge < -0.3 is 10.8 Å². The van der Waals surface area contributed by atoms with E-state index < -0.39 is 6.10 Å². The van der Waals surface area contributed by atoms with Gasteiger partial charge in [0.1, 0.15) is 0 Å². The Labute approximate surface area is 231 Å². The summed E-state index contributed by atoms with van der Waals surface area (Å²) in [6.07, 6.45) is 15.7. The maximum atomic E-state index is 12.3. The molecule has 1 amide bonds. The molecule has 8 atom stereocenters. The van der Waals surface area contributed by atoms with Crippen molar-refractivity contribution in [3.8, 4) is 0 Å². The molecule has 0 radical (unpaired) electrons. The lowest BCUT2D eigenvalue weighted by atomic mass is 9.70. The number of hydrogen-bond donors (Lipinski definition) is 2. The van der Waals surface area contributed by atoms with E-state index in [1.54, 1.807) is 30.6 Å². The van der Waals surface area contributed by atoms with Crippen molar-refractivity contribution in [2.75, 3.05) is 0 Å². The van der Waals surface area contributed by atoms with Gasteiger partial charge in [-0.05, 0) is 66.7 Å². The van der Waals surface area contributed by atoms with Crippen molar-refractivity contribution >= 4 is 11.7 Å². The Morgan fingerprint density at radius 3 is 2.18 bits per heavy atom. The summed E-state index contributed by atoms with van der Waals surface area (Å²) in [6.45, 7) is 18.7. The second-order valence-corrected chi connectivity index (χ2v) is 11.3. The Bertz CT molecular complexity index is 966. The number of aliphatic hydroxyl groups excluding tert-OH is 1. The van der Waals surface area contributed by atoms with Gasteiger partial charge in [-0.25, -0.2) is 0 Å². The average molecular weight is 523 g/mol. The summed E-state index contributed by atoms with van der Waals surface area (Å²) in [5.41, 5.74) is 7.76. The lowest BCUT2D eigenvalue weighted by Gasteiger charge is -2.35. The number of ketones is 1. The van der Waals surface area contributed by atoms with Gasteiger partial charge in [0.05, 0.1) is 6.10 Å². The van der Waals surface area contributed by atoms with Crippen LogP contribution in [0.15, 0.2) is 73.1 Å². The van der Waals surface area contributed by atoms with Crippen molar-refractivity contribution in [2.45, 2.75) is 73.8 Å². The number of aromatic nitrogens is 1. The van der Waals surface area contributed by atoms with Crippen LogP contribution in [-0.4, -0.2) is 27.9 Å². The maximum absolute atomic E-state index is 12.3. The fourth-order valence-electron chi connectivity index (χ4n) is 5.31. The van der Waals surface area contributed by atoms with E-state index in [0.29, 0.717) is 30.6 Å². The van der Waals surface area contributed by atoms with Crippen LogP contribution >= 0.6 is 0 Å². The molecule has 1 heterocycles. The van der Waals surface area contributed by atoms with Crippen LogP contribution in [0.4, 0.5) is 0 Å². The van der Waals surface area contributed by atoms with Gasteiger partial charge in [0, 0.05) is 37.1 Å². The summed E-state index contributed by atoms with van der Waals surface area (Å²) in [5.74, 6) is 1.05. The van der Waals surface area contributed by atoms with Crippen LogP contribution in [0.5, 0.6) is 0 Å². The molecule has 0 bridgehead atoms. The summed E-state index contributed by atoms with van der Waals surface area (Å²) in [4.78, 5) is 28.1. The molecular weight excluding hydrogens is 472 g/mol. The molecule has 8 unspecified atom stereocenters. The van der Waals surface area contributed by atoms with Crippen molar-refractivity contribution in [3.63, 3.8) is 0 Å². The molecule has 3 N–H and O–H groups in total. The third kappa shape index (κ3) is 11.7. The molecule has 0 aliphatic heterocycles. The van der Waals surface area contributed by atoms with Crippen molar-refractivity contribution in [3.05, 3.63) is 78.7 Å². The van der Waals surface area contributed by atoms with Gasteiger partial charge in [0.15, 0.2) is 5.78 Å². The highest BCUT2D eigenvalue weighted by molar-refractivity contribution is 5.91. The Kier molecular flexibility index (Phi) is 14.8. The van der Waals surface area contributed by atoms with E-state index in [4.69, 9.17) is 5.73 Å². The molecule has 0 aliphatic rings. The highest BCUT2D eigenvalue weighted by Crippen LogP contribution is 2.36. The van der Waals surface area contributed by atoms with Gasteiger partial charge in [-0.15, -0.1) is 0 Å². The maximum Gasteiger partial charge on any atom is 0.217 e. The highest BCUT2D eigenvalue weighted by Gasteiger charge is 2.30. The molecule has 1 rings (SSSR count). The van der Waals surface area contributed by atoms with E-state index >= 15 is 0 Å². The Morgan fingerprint density at radius 2 is 1.61 bits per heavy atom. The lowest BCUT2D eigenvalue weighted by Crippen LogP contribution is -2.31. The van der Waals surface area contributed by atoms with Crippen LogP contribution in [0, 0.1) is 41.4 Å². The van der Waals surface area contributed by atoms with Crippen LogP contribution in [-0.2, 0) is 16.0 Å². The molecule has 0 aliphatic carbocycles. The minimum atomic E-state index is -0.584. The molecule has 0 saturated carbocycles. The number of amides is 1. The minimum Gasteiger partial charge on any atom is -0.392 e. The van der Waals surface area contributed by atoms with Gasteiger partial charge in [0.25, 0.3) is 0 Å². The van der Waals surface area contributed by atoms with Crippen LogP contribution in [0.2, 0.25) is 0 Å². The van der Waals surface area contributed by atoms with Crippen molar-refractivity contribution < 1.29 is 14.7 Å². The van der Waals surface area contributed by atoms with Crippen molar-refractivity contribution in [1.29, 1.82) is 0 Å². The molecule has 0 fully saturated rings. The smallest absolute Gasteiger partial charge is 0.217 e. The first-order chi connectivity index (χ1) is 17.9. The normalized spacial score (nSPS) is 18.9. The lowest BCUT2D eigenvalue weighted by molar-refractivity contribution is -0.120. The Hall–Kier alpha value is -2.79. The average Bonchev–Trinajstić information content (AvgIpc) is 2.87. The van der Waals surface area contributed by atoms with E-state index in [9.17, 15) is 14.7 Å². The van der Waals surface area contributed by atoms with E-state index in [1.165, 1.54) is 5.57 Å². The topological polar surface area (TPSA) is 93.3 Å². The summed E-state index contributed by atoms with van der Waals surface area (Å²) >= 11 is 0. The summed E-state index contributed by atoms with van der Waals surface area (Å²) in [7, 11) is 0. The van der Waals surface area contributed by atoms with Gasteiger partial charge in [-0.3, -0.25) is 14.6 Å². The van der Waals surface area contributed by atoms with Gasteiger partial charge >= 0.3 is 0 Å². The van der Waals surface area contributed by atoms with Crippen LogP contribution in [0.3, 0.4) is 0 Å². The van der Waals surface area contributed by atoms with E-state index in [0.717, 1.165) is 12.0 Å². The summed E-state index contributed by atoms with van der Waals surface area (Å²) in [5, 5.41) is 10.9. The molecule has 210 valence electrons. The zero-order valence-electron chi connectivity index (χ0n) is 24.5. The van der Waals surface area contributed by atoms with Gasteiger partial charge in [-0.2, -0.15) is 0 Å². The molecule has 38 heavy (non-hydrogen) atoms. The monoisotopic (exact) mass is 522 g/mol. The predicted octanol–water partition coefficient (Wildman–Crippen LogP) is 6.50. The first-order valence-corrected chi connectivity index (χ1v) is 13.9. The molecule has 0 aromatic carbocycles. The van der Waals surface area contributed by atoms with Crippen LogP contribution in [0.25, 0.3) is 0 Å². The fourth-order valence-corrected chi connectivity index (χ4v) is 5.31. The van der Waals surface area contributed by atoms with Crippen LogP contribution in [0.1, 0.15) is 66.9 Å². The first kappa shape index (κ1) is 33.2. The van der Waals surface area contributed by atoms with Crippen molar-refractivity contribution in [1.82, 2.24) is 4.98 Å². The van der Waals surface area contributed by atoms with Crippen molar-refractivity contribution in [2.24, 2.45) is 47.2 Å². The number of allylic oxidation sites excluding steroid dienone is 5. The SMILES string of the molecule is C=C/C=C\C(C)C(CC(N)=O)C(C)C(C)C(C)C/C(C)=C\C(C)C(O)C(C)/C=C\C(=O)Cc1ccncc1. The molecule has 0 spiro atoms. The van der Waals surface area contributed by atoms with E-state index in [2.05, 4.69) is 58.3 Å². The zero-order chi connectivity index (χ0) is 28.8. The predicted molar refractivity (Wildman–Crippen MR) is 158 cm³/mol. The van der Waals surface area contributed by atoms with Gasteiger partial charge in [-0.1, -0.05) is 84.1 Å². The fraction of sp³-hybridized carbons (Fsp3) is 0.545. The zero-order valence-corrected chi connectivity index (χ0v) is 24.5. The second kappa shape index (κ2) is 16.9. The van der Waals surface area contributed by atoms with Gasteiger partial charge in [0.2, 0.25) is 5.91 Å². The number of carbonyl (C=O) groups is 2. The second-order valence-electron chi connectivity index (χ2n) is 11.3. The van der Waals surface area contributed by atoms with Crippen LogP contribution < -0.4 is 5.73 Å². The number of nitrogens with zero attached hydrogens (tertiary/aromatic N) is 1. The first-order valence-electron chi connectivity index (χ1n) is 13.9. The Balaban J connectivity index is 2.75. The molecule has 5 nitrogen and oxygen atoms in total. The molecule has 1 aromatic rings. The molecule has 5 heteroatoms. The number of nitrogens with two attached hydrogens (primary N) is 1. The van der Waals surface area contributed by atoms with E-state index in [1.807, 2.05) is 32.1 Å².